The van der Waals surface area contributed by atoms with Crippen molar-refractivity contribution < 1.29 is 0 Å². The van der Waals surface area contributed by atoms with Gasteiger partial charge in [-0.15, -0.1) is 0 Å². The molecule has 0 aliphatic heterocycles. The van der Waals surface area contributed by atoms with Crippen molar-refractivity contribution in [1.82, 2.24) is 0 Å². The minimum absolute atomic E-state index is 0.924. The summed E-state index contributed by atoms with van der Waals surface area (Å²) in [5, 5.41) is 0. The van der Waals surface area contributed by atoms with Gasteiger partial charge in [0.1, 0.15) is 0 Å². The second-order valence-corrected chi connectivity index (χ2v) is 22.1. The van der Waals surface area contributed by atoms with Crippen LogP contribution in [0.25, 0.3) is 0 Å². The summed E-state index contributed by atoms with van der Waals surface area (Å²) in [6.07, 6.45) is 1.31. The molecule has 7 heavy (non-hydrogen) atoms. The number of halogens is 2. The first kappa shape index (κ1) is 8.60. The molecule has 1 atom stereocenters. The molecule has 0 aromatic rings. The van der Waals surface area contributed by atoms with Gasteiger partial charge >= 0.3 is 64.1 Å². The molecule has 0 aromatic carbocycles. The van der Waals surface area contributed by atoms with Crippen molar-refractivity contribution in [3.05, 3.63) is 0 Å². The van der Waals surface area contributed by atoms with E-state index in [1.165, 1.54) is 6.42 Å². The number of rotatable bonds is 2. The van der Waals surface area contributed by atoms with Crippen molar-refractivity contribution in [3.8, 4) is 0 Å². The van der Waals surface area contributed by atoms with E-state index in [1.54, 1.807) is 0 Å². The van der Waals surface area contributed by atoms with Gasteiger partial charge in [-0.2, -0.15) is 0 Å². The van der Waals surface area contributed by atoms with Crippen LogP contribution >= 0.6 is 27.1 Å². The van der Waals surface area contributed by atoms with Gasteiger partial charge in [0.2, 0.25) is 0 Å². The Bertz CT molecular complexity index is 47.0. The SMILES string of the molecule is CC[CH](C)[Ga]([Br])[Br]. The first-order chi connectivity index (χ1) is 3.18. The monoisotopic (exact) mass is 284 g/mol. The standard InChI is InChI=1S/C4H9.2BrH.Ga/c1-3-4-2;;;/h3H,4H2,1-2H3;2*1H;/q;;;+2/p-2. The van der Waals surface area contributed by atoms with E-state index in [1.807, 2.05) is 0 Å². The van der Waals surface area contributed by atoms with Gasteiger partial charge in [-0.25, -0.2) is 0 Å². The van der Waals surface area contributed by atoms with Gasteiger partial charge in [0, 0.05) is 0 Å². The molecule has 42 valence electrons. The fourth-order valence-electron chi connectivity index (χ4n) is 0.178. The number of hydrogen-bond acceptors (Lipinski definition) is 0. The van der Waals surface area contributed by atoms with Crippen LogP contribution in [0, 0.1) is 0 Å². The quantitative estimate of drug-likeness (QED) is 0.685. The maximum atomic E-state index is 3.60. The average Bonchev–Trinajstić information content (AvgIpc) is 1.65. The molecule has 0 N–H and O–H groups in total. The van der Waals surface area contributed by atoms with Gasteiger partial charge in [0.05, 0.1) is 0 Å². The molecule has 0 heterocycles. The summed E-state index contributed by atoms with van der Waals surface area (Å²) in [6.45, 7) is 4.51. The third-order valence-electron chi connectivity index (χ3n) is 1.07. The van der Waals surface area contributed by atoms with Gasteiger partial charge in [0.15, 0.2) is 0 Å². The van der Waals surface area contributed by atoms with Crippen molar-refractivity contribution in [1.29, 1.82) is 0 Å². The summed E-state index contributed by atoms with van der Waals surface area (Å²) >= 11 is 6.17. The summed E-state index contributed by atoms with van der Waals surface area (Å²) < 4.78 is 0.924. The molecule has 0 amide bonds. The normalized spacial score (nSPS) is 13.7. The van der Waals surface area contributed by atoms with E-state index in [0.29, 0.717) is 0 Å². The molecule has 0 rings (SSSR count). The van der Waals surface area contributed by atoms with Crippen molar-refractivity contribution in [2.45, 2.75) is 24.7 Å². The first-order valence-electron chi connectivity index (χ1n) is 2.46. The molecule has 0 fully saturated rings. The Morgan fingerprint density at radius 1 is 1.57 bits per heavy atom. The summed E-state index contributed by atoms with van der Waals surface area (Å²) in [7, 11) is 0. The molecule has 1 unspecified atom stereocenters. The van der Waals surface area contributed by atoms with Crippen LogP contribution in [-0.4, -0.2) is 12.3 Å². The molecule has 3 heteroatoms. The molecule has 0 bridgehead atoms. The average molecular weight is 287 g/mol. The molecule has 0 radical (unpaired) electrons. The van der Waals surface area contributed by atoms with E-state index in [-0.39, 0.29) is 0 Å². The Labute approximate surface area is 63.7 Å². The zero-order valence-electron chi connectivity index (χ0n) is 4.62. The van der Waals surface area contributed by atoms with Crippen LogP contribution in [0.3, 0.4) is 0 Å². The molecule has 0 aliphatic rings. The third kappa shape index (κ3) is 4.12. The van der Waals surface area contributed by atoms with Crippen molar-refractivity contribution in [2.24, 2.45) is 0 Å². The summed E-state index contributed by atoms with van der Waals surface area (Å²) in [5.41, 5.74) is 0. The molecule has 0 aliphatic carbocycles. The van der Waals surface area contributed by atoms with Gasteiger partial charge in [-0.1, -0.05) is 0 Å². The zero-order valence-corrected chi connectivity index (χ0v) is 10.2. The van der Waals surface area contributed by atoms with Crippen LogP contribution in [0.2, 0.25) is 4.47 Å². The Kier molecular flexibility index (Phi) is 5.49. The predicted molar refractivity (Wildman–Crippen MR) is 43.3 cm³/mol. The van der Waals surface area contributed by atoms with E-state index in [2.05, 4.69) is 41.0 Å². The van der Waals surface area contributed by atoms with Crippen molar-refractivity contribution in [2.75, 3.05) is 0 Å². The maximum absolute atomic E-state index is 3.60. The van der Waals surface area contributed by atoms with Gasteiger partial charge in [-0.05, 0) is 0 Å². The summed E-state index contributed by atoms with van der Waals surface area (Å²) in [5.74, 6) is 0. The molecule has 0 saturated carbocycles. The van der Waals surface area contributed by atoms with Crippen molar-refractivity contribution in [3.63, 3.8) is 0 Å². The van der Waals surface area contributed by atoms with Crippen LogP contribution in [-0.2, 0) is 0 Å². The Morgan fingerprint density at radius 3 is 2.00 bits per heavy atom. The minimum atomic E-state index is -1.04. The van der Waals surface area contributed by atoms with E-state index >= 15 is 0 Å². The Morgan fingerprint density at radius 2 is 2.00 bits per heavy atom. The zero-order chi connectivity index (χ0) is 5.86. The van der Waals surface area contributed by atoms with Crippen LogP contribution in [0.1, 0.15) is 20.3 Å². The van der Waals surface area contributed by atoms with E-state index < -0.39 is 12.3 Å². The van der Waals surface area contributed by atoms with Crippen LogP contribution in [0.15, 0.2) is 0 Å². The molecule has 0 nitrogen and oxygen atoms in total. The van der Waals surface area contributed by atoms with E-state index in [4.69, 9.17) is 0 Å². The van der Waals surface area contributed by atoms with Gasteiger partial charge in [-0.3, -0.25) is 0 Å². The second kappa shape index (κ2) is 4.47. The molecule has 0 saturated heterocycles. The fourth-order valence-corrected chi connectivity index (χ4v) is 4.81. The Balaban J connectivity index is 3.14. The fraction of sp³-hybridized carbons (Fsp3) is 1.00. The van der Waals surface area contributed by atoms with Crippen molar-refractivity contribution >= 4 is 39.4 Å². The first-order valence-corrected chi connectivity index (χ1v) is 15.2. The molecule has 0 aromatic heterocycles. The predicted octanol–water partition coefficient (Wildman–Crippen LogP) is 3.06. The second-order valence-electron chi connectivity index (χ2n) is 1.72. The molecular formula is C4H9Br2Ga. The van der Waals surface area contributed by atoms with Crippen LogP contribution < -0.4 is 0 Å². The number of hydrogen-bond donors (Lipinski definition) is 0. The molecule has 0 spiro atoms. The third-order valence-corrected chi connectivity index (χ3v) is 13.2. The van der Waals surface area contributed by atoms with Gasteiger partial charge in [0.25, 0.3) is 0 Å². The molecular weight excluding hydrogens is 278 g/mol. The van der Waals surface area contributed by atoms with E-state index in [9.17, 15) is 0 Å². The summed E-state index contributed by atoms with van der Waals surface area (Å²) in [4.78, 5) is 0. The van der Waals surface area contributed by atoms with Crippen LogP contribution in [0.5, 0.6) is 0 Å². The van der Waals surface area contributed by atoms with Gasteiger partial charge < -0.3 is 0 Å². The Hall–Kier alpha value is 1.60. The summed E-state index contributed by atoms with van der Waals surface area (Å²) in [6, 6.07) is 0. The van der Waals surface area contributed by atoms with E-state index in [0.717, 1.165) is 4.47 Å². The van der Waals surface area contributed by atoms with Crippen LogP contribution in [0.4, 0.5) is 0 Å². The topological polar surface area (TPSA) is 0 Å².